The average Bonchev–Trinajstić information content (AvgIpc) is 3.43. The van der Waals surface area contributed by atoms with Crippen LogP contribution in [0.15, 0.2) is 73.2 Å². The largest absolute Gasteiger partial charge is 0.465 e. The molecular weight excluding hydrogens is 412 g/mol. The van der Waals surface area contributed by atoms with Gasteiger partial charge in [-0.25, -0.2) is 4.79 Å². The van der Waals surface area contributed by atoms with Crippen molar-refractivity contribution in [1.29, 1.82) is 0 Å². The van der Waals surface area contributed by atoms with Crippen LogP contribution in [0.2, 0.25) is 5.02 Å². The first-order chi connectivity index (χ1) is 15.0. The molecule has 4 N–H and O–H groups in total. The van der Waals surface area contributed by atoms with E-state index in [2.05, 4.69) is 21.0 Å². The molecule has 0 atom stereocenters. The minimum absolute atomic E-state index is 0.402. The number of carbonyl (C=O) groups is 1. The number of halogens is 1. The Balaban J connectivity index is 0.000000192. The molecule has 0 aliphatic carbocycles. The van der Waals surface area contributed by atoms with Gasteiger partial charge >= 0.3 is 5.97 Å². The van der Waals surface area contributed by atoms with Gasteiger partial charge in [0.15, 0.2) is 0 Å². The lowest BCUT2D eigenvalue weighted by atomic mass is 10.0. The van der Waals surface area contributed by atoms with Crippen LogP contribution in [-0.4, -0.2) is 28.0 Å². The van der Waals surface area contributed by atoms with Gasteiger partial charge in [-0.15, -0.1) is 0 Å². The van der Waals surface area contributed by atoms with Crippen molar-refractivity contribution in [1.82, 2.24) is 15.0 Å². The highest BCUT2D eigenvalue weighted by Gasteiger charge is 2.14. The Kier molecular flexibility index (Phi) is 5.91. The highest BCUT2D eigenvalue weighted by Crippen LogP contribution is 2.20. The first-order valence-corrected chi connectivity index (χ1v) is 10.0. The molecule has 5 aromatic rings. The van der Waals surface area contributed by atoms with E-state index in [1.807, 2.05) is 54.9 Å². The molecule has 6 nitrogen and oxygen atoms in total. The van der Waals surface area contributed by atoms with E-state index in [0.717, 1.165) is 27.7 Å². The summed E-state index contributed by atoms with van der Waals surface area (Å²) in [6.07, 6.45) is 5.89. The van der Waals surface area contributed by atoms with Crippen LogP contribution in [0, 0.1) is 0 Å². The summed E-state index contributed by atoms with van der Waals surface area (Å²) >= 11 is 5.91. The molecule has 0 radical (unpaired) electrons. The summed E-state index contributed by atoms with van der Waals surface area (Å²) in [6, 6.07) is 17.5. The molecule has 156 valence electrons. The number of ether oxygens (including phenoxy) is 1. The topological polar surface area (TPSA) is 96.8 Å². The molecule has 0 spiro atoms. The number of rotatable bonds is 3. The molecule has 3 heterocycles. The van der Waals surface area contributed by atoms with E-state index in [9.17, 15) is 4.79 Å². The van der Waals surface area contributed by atoms with Gasteiger partial charge in [-0.1, -0.05) is 17.7 Å². The van der Waals surface area contributed by atoms with E-state index in [1.54, 1.807) is 6.07 Å². The summed E-state index contributed by atoms with van der Waals surface area (Å²) in [6.45, 7) is 0. The van der Waals surface area contributed by atoms with E-state index < -0.39 is 5.97 Å². The Bertz CT molecular complexity index is 1360. The minimum atomic E-state index is -0.428. The zero-order valence-corrected chi connectivity index (χ0v) is 17.6. The SMILES string of the molecule is COC(=O)c1cc(Cl)cnc1Cc1ccc2[nH]ccc2c1.Nc1ccc2[nH]ccc2c1. The summed E-state index contributed by atoms with van der Waals surface area (Å²) in [7, 11) is 1.35. The molecule has 0 fully saturated rings. The third-order valence-corrected chi connectivity index (χ3v) is 5.12. The molecule has 7 heteroatoms. The van der Waals surface area contributed by atoms with E-state index in [-0.39, 0.29) is 0 Å². The number of benzene rings is 2. The zero-order chi connectivity index (χ0) is 21.8. The predicted molar refractivity (Wildman–Crippen MR) is 124 cm³/mol. The Morgan fingerprint density at radius 3 is 2.39 bits per heavy atom. The highest BCUT2D eigenvalue weighted by atomic mass is 35.5. The van der Waals surface area contributed by atoms with Crippen molar-refractivity contribution in [2.45, 2.75) is 6.42 Å². The molecule has 0 aliphatic rings. The number of esters is 1. The lowest BCUT2D eigenvalue weighted by molar-refractivity contribution is 0.0599. The molecule has 2 aromatic carbocycles. The van der Waals surface area contributed by atoms with Gasteiger partial charge in [-0.05, 0) is 59.5 Å². The van der Waals surface area contributed by atoms with Crippen LogP contribution in [0.5, 0.6) is 0 Å². The number of aromatic amines is 2. The molecule has 0 bridgehead atoms. The normalized spacial score (nSPS) is 10.6. The van der Waals surface area contributed by atoms with Crippen molar-refractivity contribution in [3.05, 3.63) is 95.0 Å². The van der Waals surface area contributed by atoms with Crippen molar-refractivity contribution >= 4 is 45.1 Å². The second kappa shape index (κ2) is 8.93. The van der Waals surface area contributed by atoms with E-state index in [1.165, 1.54) is 18.7 Å². The number of anilines is 1. The molecule has 5 rings (SSSR count). The number of nitrogens with zero attached hydrogens (tertiary/aromatic N) is 1. The Morgan fingerprint density at radius 2 is 1.68 bits per heavy atom. The molecule has 0 saturated heterocycles. The maximum Gasteiger partial charge on any atom is 0.339 e. The molecule has 0 aliphatic heterocycles. The van der Waals surface area contributed by atoms with Gasteiger partial charge in [-0.2, -0.15) is 0 Å². The first-order valence-electron chi connectivity index (χ1n) is 9.65. The Morgan fingerprint density at radius 1 is 1.00 bits per heavy atom. The van der Waals surface area contributed by atoms with Crippen LogP contribution in [0.1, 0.15) is 21.6 Å². The predicted octanol–water partition coefficient (Wildman–Crippen LogP) is 5.34. The monoisotopic (exact) mass is 432 g/mol. The van der Waals surface area contributed by atoms with Crippen LogP contribution in [-0.2, 0) is 11.2 Å². The van der Waals surface area contributed by atoms with Gasteiger partial charge < -0.3 is 20.4 Å². The maximum absolute atomic E-state index is 11.8. The van der Waals surface area contributed by atoms with Crippen molar-refractivity contribution < 1.29 is 9.53 Å². The molecule has 3 aromatic heterocycles. The smallest absolute Gasteiger partial charge is 0.339 e. The van der Waals surface area contributed by atoms with Gasteiger partial charge in [-0.3, -0.25) is 4.98 Å². The quantitative estimate of drug-likeness (QED) is 0.264. The summed E-state index contributed by atoms with van der Waals surface area (Å²) < 4.78 is 4.78. The van der Waals surface area contributed by atoms with Crippen molar-refractivity contribution in [3.63, 3.8) is 0 Å². The number of hydrogen-bond donors (Lipinski definition) is 3. The fourth-order valence-electron chi connectivity index (χ4n) is 3.37. The number of fused-ring (bicyclic) bond motifs is 2. The van der Waals surface area contributed by atoms with Crippen LogP contribution in [0.3, 0.4) is 0 Å². The van der Waals surface area contributed by atoms with Crippen LogP contribution in [0.4, 0.5) is 5.69 Å². The maximum atomic E-state index is 11.8. The molecular formula is C24H21ClN4O2. The second-order valence-electron chi connectivity index (χ2n) is 7.04. The number of nitrogens with one attached hydrogen (secondary N) is 2. The van der Waals surface area contributed by atoms with Crippen LogP contribution >= 0.6 is 11.6 Å². The molecule has 0 saturated carbocycles. The molecule has 0 unspecified atom stereocenters. The number of hydrogen-bond acceptors (Lipinski definition) is 4. The Hall–Kier alpha value is -3.77. The zero-order valence-electron chi connectivity index (χ0n) is 16.9. The minimum Gasteiger partial charge on any atom is -0.465 e. The summed E-state index contributed by atoms with van der Waals surface area (Å²) in [4.78, 5) is 22.3. The number of pyridine rings is 1. The van der Waals surface area contributed by atoms with E-state index in [0.29, 0.717) is 22.7 Å². The lowest BCUT2D eigenvalue weighted by Gasteiger charge is -2.08. The summed E-state index contributed by atoms with van der Waals surface area (Å²) in [5.74, 6) is -0.428. The fraction of sp³-hybridized carbons (Fsp3) is 0.0833. The number of methoxy groups -OCH3 is 1. The van der Waals surface area contributed by atoms with Crippen molar-refractivity contribution in [2.24, 2.45) is 0 Å². The van der Waals surface area contributed by atoms with Gasteiger partial charge in [0.1, 0.15) is 0 Å². The number of nitrogens with two attached hydrogens (primary N) is 1. The van der Waals surface area contributed by atoms with Gasteiger partial charge in [0, 0.05) is 47.1 Å². The van der Waals surface area contributed by atoms with Gasteiger partial charge in [0.2, 0.25) is 0 Å². The number of carbonyl (C=O) groups excluding carboxylic acids is 1. The Labute approximate surface area is 184 Å². The van der Waals surface area contributed by atoms with Gasteiger partial charge in [0.05, 0.1) is 23.4 Å². The number of H-pyrrole nitrogens is 2. The van der Waals surface area contributed by atoms with E-state index >= 15 is 0 Å². The number of aromatic nitrogens is 3. The van der Waals surface area contributed by atoms with Gasteiger partial charge in [0.25, 0.3) is 0 Å². The van der Waals surface area contributed by atoms with E-state index in [4.69, 9.17) is 22.1 Å². The van der Waals surface area contributed by atoms with Crippen LogP contribution in [0.25, 0.3) is 21.8 Å². The first kappa shape index (κ1) is 20.5. The lowest BCUT2D eigenvalue weighted by Crippen LogP contribution is -2.08. The standard InChI is InChI=1S/C16H13ClN2O2.C8H8N2/c1-21-16(20)13-8-12(17)9-19-15(13)7-10-2-3-14-11(6-10)4-5-18-14;9-7-1-2-8-6(5-7)3-4-10-8/h2-6,8-9,18H,7H2,1H3;1-5,10H,9H2. The fourth-order valence-corrected chi connectivity index (χ4v) is 3.53. The van der Waals surface area contributed by atoms with Crippen LogP contribution < -0.4 is 5.73 Å². The molecule has 0 amide bonds. The average molecular weight is 433 g/mol. The van der Waals surface area contributed by atoms with Crippen molar-refractivity contribution in [2.75, 3.05) is 12.8 Å². The number of nitrogen functional groups attached to an aromatic ring is 1. The highest BCUT2D eigenvalue weighted by molar-refractivity contribution is 6.30. The second-order valence-corrected chi connectivity index (χ2v) is 7.48. The van der Waals surface area contributed by atoms with Crippen molar-refractivity contribution in [3.8, 4) is 0 Å². The third-order valence-electron chi connectivity index (χ3n) is 4.91. The third kappa shape index (κ3) is 4.70. The summed E-state index contributed by atoms with van der Waals surface area (Å²) in [5, 5.41) is 2.71. The summed E-state index contributed by atoms with van der Waals surface area (Å²) in [5.41, 5.74) is 10.7. The molecule has 31 heavy (non-hydrogen) atoms.